The van der Waals surface area contributed by atoms with E-state index in [1.54, 1.807) is 0 Å². The van der Waals surface area contributed by atoms with Crippen LogP contribution in [0.2, 0.25) is 0 Å². The normalized spacial score (nSPS) is 30.3. The Balaban J connectivity index is 1.32. The van der Waals surface area contributed by atoms with Crippen LogP contribution >= 0.6 is 0 Å². The molecule has 29 heavy (non-hydrogen) atoms. The summed E-state index contributed by atoms with van der Waals surface area (Å²) in [7, 11) is 4.24. The summed E-state index contributed by atoms with van der Waals surface area (Å²) in [6.07, 6.45) is 3.58. The molecule has 0 saturated carbocycles. The molecule has 4 heterocycles. The highest BCUT2D eigenvalue weighted by Gasteiger charge is 2.63. The minimum absolute atomic E-state index is 0.0355. The van der Waals surface area contributed by atoms with Crippen LogP contribution in [0.5, 0.6) is 0 Å². The van der Waals surface area contributed by atoms with E-state index < -0.39 is 0 Å². The zero-order valence-electron chi connectivity index (χ0n) is 17.5. The van der Waals surface area contributed by atoms with Crippen molar-refractivity contribution in [3.63, 3.8) is 0 Å². The molecule has 0 radical (unpaired) electrons. The number of amides is 1. The Hall–Kier alpha value is -2.18. The van der Waals surface area contributed by atoms with Crippen molar-refractivity contribution < 1.29 is 9.53 Å². The Morgan fingerprint density at radius 2 is 2.14 bits per heavy atom. The van der Waals surface area contributed by atoms with E-state index in [9.17, 15) is 4.79 Å². The molecule has 1 amide bonds. The number of fused-ring (bicyclic) bond motifs is 1. The minimum Gasteiger partial charge on any atom is -0.369 e. The van der Waals surface area contributed by atoms with Crippen LogP contribution in [0.4, 0.5) is 0 Å². The van der Waals surface area contributed by atoms with Crippen molar-refractivity contribution in [1.29, 1.82) is 0 Å². The van der Waals surface area contributed by atoms with Crippen LogP contribution in [-0.2, 0) is 11.2 Å². The second-order valence-corrected chi connectivity index (χ2v) is 9.20. The van der Waals surface area contributed by atoms with E-state index in [-0.39, 0.29) is 11.5 Å². The molecular formula is C23H30N4O2. The predicted octanol–water partition coefficient (Wildman–Crippen LogP) is 2.82. The Labute approximate surface area is 172 Å². The maximum absolute atomic E-state index is 13.2. The number of aromatic amines is 1. The van der Waals surface area contributed by atoms with Crippen molar-refractivity contribution >= 4 is 5.91 Å². The molecule has 6 heteroatoms. The second kappa shape index (κ2) is 6.96. The highest BCUT2D eigenvalue weighted by Crippen LogP contribution is 2.55. The van der Waals surface area contributed by atoms with Crippen molar-refractivity contribution in [2.24, 2.45) is 11.8 Å². The van der Waals surface area contributed by atoms with Gasteiger partial charge in [0.25, 0.3) is 5.91 Å². The molecule has 1 spiro atoms. The molecule has 154 valence electrons. The van der Waals surface area contributed by atoms with Gasteiger partial charge in [-0.2, -0.15) is 5.10 Å². The van der Waals surface area contributed by atoms with E-state index in [1.807, 2.05) is 11.0 Å². The molecule has 3 fully saturated rings. The zero-order valence-corrected chi connectivity index (χ0v) is 17.5. The number of aryl methyl sites for hydroxylation is 1. The van der Waals surface area contributed by atoms with Crippen molar-refractivity contribution in [3.8, 4) is 11.3 Å². The molecule has 2 aromatic rings. The summed E-state index contributed by atoms with van der Waals surface area (Å²) >= 11 is 0. The molecule has 0 unspecified atom stereocenters. The molecular weight excluding hydrogens is 364 g/mol. The number of likely N-dealkylation sites (tertiary alicyclic amines) is 1. The summed E-state index contributed by atoms with van der Waals surface area (Å²) in [5, 5.41) is 7.37. The van der Waals surface area contributed by atoms with Gasteiger partial charge in [-0.15, -0.1) is 0 Å². The van der Waals surface area contributed by atoms with Gasteiger partial charge >= 0.3 is 0 Å². The molecule has 3 aliphatic heterocycles. The lowest BCUT2D eigenvalue weighted by molar-refractivity contribution is 0.00250. The van der Waals surface area contributed by atoms with Gasteiger partial charge < -0.3 is 14.5 Å². The lowest BCUT2D eigenvalue weighted by Gasteiger charge is -2.30. The third kappa shape index (κ3) is 3.09. The number of aromatic nitrogens is 2. The first-order valence-corrected chi connectivity index (χ1v) is 10.8. The first-order valence-electron chi connectivity index (χ1n) is 10.8. The molecule has 3 aliphatic rings. The van der Waals surface area contributed by atoms with Crippen LogP contribution in [0.3, 0.4) is 0 Å². The standard InChI is InChI=1S/C23H30N4O2/c1-4-15-5-7-16(8-6-15)19-11-20(25-24-19)22(28)27-13-18-17(12-26(2)3)21-9-10-23(18,14-27)29-21/h5-8,11,17-18,21H,4,9-10,12-14H2,1-3H3,(H,24,25)/t17-,18+,21+,23+/m0/s1. The number of nitrogens with one attached hydrogen (secondary N) is 1. The van der Waals surface area contributed by atoms with E-state index in [2.05, 4.69) is 60.4 Å². The fourth-order valence-electron chi connectivity index (χ4n) is 5.67. The molecule has 1 N–H and O–H groups in total. The number of rotatable bonds is 5. The smallest absolute Gasteiger partial charge is 0.271 e. The predicted molar refractivity (Wildman–Crippen MR) is 112 cm³/mol. The van der Waals surface area contributed by atoms with Crippen LogP contribution in [0.1, 0.15) is 35.8 Å². The summed E-state index contributed by atoms with van der Waals surface area (Å²) in [6, 6.07) is 10.3. The maximum atomic E-state index is 13.2. The van der Waals surface area contributed by atoms with E-state index >= 15 is 0 Å². The summed E-state index contributed by atoms with van der Waals surface area (Å²) in [5.74, 6) is 0.996. The summed E-state index contributed by atoms with van der Waals surface area (Å²) < 4.78 is 6.46. The van der Waals surface area contributed by atoms with Crippen LogP contribution in [0.25, 0.3) is 11.3 Å². The maximum Gasteiger partial charge on any atom is 0.271 e. The Morgan fingerprint density at radius 1 is 1.34 bits per heavy atom. The Bertz CT molecular complexity index is 906. The van der Waals surface area contributed by atoms with Gasteiger partial charge in [0.15, 0.2) is 0 Å². The number of ether oxygens (including phenoxy) is 1. The summed E-state index contributed by atoms with van der Waals surface area (Å²) in [5.41, 5.74) is 3.58. The van der Waals surface area contributed by atoms with Crippen molar-refractivity contribution in [2.75, 3.05) is 33.7 Å². The largest absolute Gasteiger partial charge is 0.369 e. The summed E-state index contributed by atoms with van der Waals surface area (Å²) in [6.45, 7) is 4.66. The highest BCUT2D eigenvalue weighted by molar-refractivity contribution is 5.93. The van der Waals surface area contributed by atoms with Gasteiger partial charge in [0, 0.05) is 30.5 Å². The number of nitrogens with zero attached hydrogens (tertiary/aromatic N) is 3. The molecule has 1 aromatic heterocycles. The number of hydrogen-bond acceptors (Lipinski definition) is 4. The zero-order chi connectivity index (χ0) is 20.2. The minimum atomic E-state index is -0.125. The number of benzene rings is 1. The van der Waals surface area contributed by atoms with Crippen LogP contribution < -0.4 is 0 Å². The Morgan fingerprint density at radius 3 is 2.86 bits per heavy atom. The van der Waals surface area contributed by atoms with Crippen LogP contribution in [-0.4, -0.2) is 71.3 Å². The molecule has 1 aromatic carbocycles. The van der Waals surface area contributed by atoms with Crippen LogP contribution in [0, 0.1) is 11.8 Å². The average Bonchev–Trinajstić information content (AvgIpc) is 3.48. The number of H-pyrrole nitrogens is 1. The van der Waals surface area contributed by atoms with E-state index in [4.69, 9.17) is 4.74 Å². The van der Waals surface area contributed by atoms with Gasteiger partial charge in [-0.1, -0.05) is 31.2 Å². The quantitative estimate of drug-likeness (QED) is 0.847. The molecule has 2 bridgehead atoms. The van der Waals surface area contributed by atoms with Gasteiger partial charge in [0.05, 0.1) is 23.9 Å². The van der Waals surface area contributed by atoms with Gasteiger partial charge in [-0.05, 0) is 45.0 Å². The first-order chi connectivity index (χ1) is 14.0. The fourth-order valence-corrected chi connectivity index (χ4v) is 5.67. The van der Waals surface area contributed by atoms with E-state index in [0.29, 0.717) is 30.2 Å². The highest BCUT2D eigenvalue weighted by atomic mass is 16.5. The lowest BCUT2D eigenvalue weighted by Crippen LogP contribution is -2.40. The molecule has 0 aliphatic carbocycles. The molecule has 6 nitrogen and oxygen atoms in total. The van der Waals surface area contributed by atoms with Gasteiger partial charge in [0.1, 0.15) is 5.69 Å². The summed E-state index contributed by atoms with van der Waals surface area (Å²) in [4.78, 5) is 17.4. The first kappa shape index (κ1) is 18.8. The Kier molecular flexibility index (Phi) is 4.51. The number of carbonyl (C=O) groups excluding carboxylic acids is 1. The number of hydrogen-bond donors (Lipinski definition) is 1. The third-order valence-electron chi connectivity index (χ3n) is 7.11. The fraction of sp³-hybridized carbons (Fsp3) is 0.565. The van der Waals surface area contributed by atoms with Gasteiger partial charge in [-0.25, -0.2) is 0 Å². The van der Waals surface area contributed by atoms with Crippen LogP contribution in [0.15, 0.2) is 30.3 Å². The molecule has 4 atom stereocenters. The second-order valence-electron chi connectivity index (χ2n) is 9.20. The van der Waals surface area contributed by atoms with Crippen molar-refractivity contribution in [2.45, 2.75) is 37.9 Å². The van der Waals surface area contributed by atoms with Crippen molar-refractivity contribution in [1.82, 2.24) is 20.0 Å². The van der Waals surface area contributed by atoms with Gasteiger partial charge in [0.2, 0.25) is 0 Å². The topological polar surface area (TPSA) is 61.5 Å². The number of carbonyl (C=O) groups is 1. The lowest BCUT2D eigenvalue weighted by atomic mass is 9.73. The molecule has 5 rings (SSSR count). The average molecular weight is 395 g/mol. The third-order valence-corrected chi connectivity index (χ3v) is 7.11. The van der Waals surface area contributed by atoms with Gasteiger partial charge in [-0.3, -0.25) is 9.89 Å². The van der Waals surface area contributed by atoms with E-state index in [0.717, 1.165) is 43.6 Å². The SMILES string of the molecule is CCc1ccc(-c2cc(C(=O)N3C[C@@H]4[C@H](CN(C)C)[C@H]5CC[C@]4(C3)O5)[nH]n2)cc1. The monoisotopic (exact) mass is 394 g/mol. The van der Waals surface area contributed by atoms with Crippen molar-refractivity contribution in [3.05, 3.63) is 41.6 Å². The molecule has 3 saturated heterocycles. The van der Waals surface area contributed by atoms with E-state index in [1.165, 1.54) is 5.56 Å².